The molecule has 1 saturated heterocycles. The number of aryl methyl sites for hydroxylation is 1. The largest absolute Gasteiger partial charge is 0.443 e. The Morgan fingerprint density at radius 2 is 2.20 bits per heavy atom. The number of anilines is 1. The van der Waals surface area contributed by atoms with Crippen LogP contribution in [0.4, 0.5) is 5.13 Å². The molecule has 1 atom stereocenters. The molecule has 4 rings (SSSR count). The van der Waals surface area contributed by atoms with Crippen molar-refractivity contribution in [2.75, 3.05) is 18.4 Å². The van der Waals surface area contributed by atoms with Crippen LogP contribution in [0.2, 0.25) is 5.02 Å². The third-order valence-electron chi connectivity index (χ3n) is 5.26. The fraction of sp³-hybridized carbons (Fsp3) is 0.409. The first kappa shape index (κ1) is 20.9. The molecule has 0 radical (unpaired) electrons. The number of oxazole rings is 1. The third-order valence-corrected chi connectivity index (χ3v) is 6.73. The zero-order valence-electron chi connectivity index (χ0n) is 17.2. The van der Waals surface area contributed by atoms with E-state index in [4.69, 9.17) is 16.0 Å². The molecule has 3 heterocycles. The van der Waals surface area contributed by atoms with Crippen molar-refractivity contribution in [3.05, 3.63) is 63.3 Å². The molecule has 1 aliphatic heterocycles. The maximum Gasteiger partial charge on any atom is 0.266 e. The van der Waals surface area contributed by atoms with E-state index in [2.05, 4.69) is 15.3 Å². The number of nitrogens with zero attached hydrogens (tertiary/aromatic N) is 3. The molecular weight excluding hydrogens is 420 g/mol. The highest BCUT2D eigenvalue weighted by Crippen LogP contribution is 2.34. The summed E-state index contributed by atoms with van der Waals surface area (Å²) in [5, 5.41) is 4.69. The van der Waals surface area contributed by atoms with E-state index in [1.807, 2.05) is 43.0 Å². The zero-order chi connectivity index (χ0) is 21.1. The lowest BCUT2D eigenvalue weighted by atomic mass is 10.0. The van der Waals surface area contributed by atoms with Gasteiger partial charge in [-0.15, -0.1) is 0 Å². The summed E-state index contributed by atoms with van der Waals surface area (Å²) in [5.41, 5.74) is 1.76. The maximum atomic E-state index is 13.3. The van der Waals surface area contributed by atoms with Crippen LogP contribution >= 0.6 is 22.9 Å². The number of hydrogen-bond donors (Lipinski definition) is 1. The van der Waals surface area contributed by atoms with Crippen molar-refractivity contribution < 1.29 is 9.21 Å². The molecule has 30 heavy (non-hydrogen) atoms. The van der Waals surface area contributed by atoms with Crippen LogP contribution in [0, 0.1) is 6.92 Å². The van der Waals surface area contributed by atoms with Crippen LogP contribution in [0.3, 0.4) is 0 Å². The second-order valence-corrected chi connectivity index (χ2v) is 8.81. The number of likely N-dealkylation sites (tertiary alicyclic amines) is 1. The van der Waals surface area contributed by atoms with E-state index in [9.17, 15) is 4.79 Å². The summed E-state index contributed by atoms with van der Waals surface area (Å²) in [6.07, 6.45) is 5.19. The number of carbonyl (C=O) groups excluding carboxylic acids is 1. The van der Waals surface area contributed by atoms with Gasteiger partial charge in [0.25, 0.3) is 5.91 Å². The van der Waals surface area contributed by atoms with Gasteiger partial charge in [0.05, 0.1) is 11.9 Å². The molecule has 2 aromatic heterocycles. The van der Waals surface area contributed by atoms with Gasteiger partial charge in [-0.25, -0.2) is 9.97 Å². The topological polar surface area (TPSA) is 71.3 Å². The van der Waals surface area contributed by atoms with Crippen molar-refractivity contribution in [2.24, 2.45) is 0 Å². The highest BCUT2D eigenvalue weighted by atomic mass is 35.5. The molecule has 158 valence electrons. The Hall–Kier alpha value is -2.38. The number of aromatic nitrogens is 2. The fourth-order valence-electron chi connectivity index (χ4n) is 3.77. The molecule has 0 unspecified atom stereocenters. The van der Waals surface area contributed by atoms with Gasteiger partial charge in [-0.1, -0.05) is 41.1 Å². The average molecular weight is 445 g/mol. The van der Waals surface area contributed by atoms with Gasteiger partial charge in [-0.2, -0.15) is 0 Å². The first-order valence-electron chi connectivity index (χ1n) is 10.3. The first-order valence-corrected chi connectivity index (χ1v) is 11.5. The number of rotatable bonds is 6. The molecule has 3 aromatic rings. The van der Waals surface area contributed by atoms with Crippen molar-refractivity contribution in [3.63, 3.8) is 0 Å². The van der Waals surface area contributed by atoms with Gasteiger partial charge < -0.3 is 14.6 Å². The molecule has 0 aliphatic carbocycles. The van der Waals surface area contributed by atoms with E-state index in [1.54, 1.807) is 6.20 Å². The lowest BCUT2D eigenvalue weighted by Crippen LogP contribution is -2.38. The summed E-state index contributed by atoms with van der Waals surface area (Å²) in [5.74, 6) is 1.35. The van der Waals surface area contributed by atoms with E-state index in [-0.39, 0.29) is 11.9 Å². The molecule has 8 heteroatoms. The second kappa shape index (κ2) is 9.18. The quantitative estimate of drug-likeness (QED) is 0.544. The fourth-order valence-corrected chi connectivity index (χ4v) is 4.96. The van der Waals surface area contributed by atoms with Gasteiger partial charge in [0.1, 0.15) is 16.7 Å². The Balaban J connectivity index is 1.55. The number of benzene rings is 1. The summed E-state index contributed by atoms with van der Waals surface area (Å²) >= 11 is 7.69. The van der Waals surface area contributed by atoms with E-state index in [0.29, 0.717) is 28.8 Å². The number of halogens is 1. The minimum absolute atomic E-state index is 0.00436. The van der Waals surface area contributed by atoms with Crippen molar-refractivity contribution >= 4 is 34.0 Å². The minimum atomic E-state index is -0.157. The SMILES string of the molecule is CCNc1nc(C)c(C(=O)N2CCCC[C@H]2c2ncc(Cc3ccccc3Cl)o2)s1. The van der Waals surface area contributed by atoms with Gasteiger partial charge in [0.15, 0.2) is 5.13 Å². The van der Waals surface area contributed by atoms with Crippen LogP contribution < -0.4 is 5.32 Å². The number of carbonyl (C=O) groups is 1. The Labute approximate surface area is 185 Å². The molecule has 1 aromatic carbocycles. The van der Waals surface area contributed by atoms with Crippen LogP contribution in [0.15, 0.2) is 34.9 Å². The van der Waals surface area contributed by atoms with Crippen molar-refractivity contribution in [2.45, 2.75) is 45.6 Å². The average Bonchev–Trinajstić information content (AvgIpc) is 3.36. The molecular formula is C22H25ClN4O2S. The van der Waals surface area contributed by atoms with Crippen LogP contribution in [0.5, 0.6) is 0 Å². The molecule has 6 nitrogen and oxygen atoms in total. The van der Waals surface area contributed by atoms with Crippen LogP contribution in [-0.2, 0) is 6.42 Å². The molecule has 1 fully saturated rings. The van der Waals surface area contributed by atoms with Crippen molar-refractivity contribution in [1.82, 2.24) is 14.9 Å². The predicted molar refractivity (Wildman–Crippen MR) is 119 cm³/mol. The Morgan fingerprint density at radius 3 is 3.00 bits per heavy atom. The van der Waals surface area contributed by atoms with Crippen LogP contribution in [0.25, 0.3) is 0 Å². The number of nitrogens with one attached hydrogen (secondary N) is 1. The molecule has 1 amide bonds. The summed E-state index contributed by atoms with van der Waals surface area (Å²) in [4.78, 5) is 24.9. The number of amides is 1. The van der Waals surface area contributed by atoms with E-state index in [1.165, 1.54) is 11.3 Å². The Bertz CT molecular complexity index is 1030. The predicted octanol–water partition coefficient (Wildman–Crippen LogP) is 5.48. The highest BCUT2D eigenvalue weighted by Gasteiger charge is 2.33. The highest BCUT2D eigenvalue weighted by molar-refractivity contribution is 7.17. The maximum absolute atomic E-state index is 13.3. The van der Waals surface area contributed by atoms with Gasteiger partial charge in [-0.05, 0) is 44.7 Å². The Morgan fingerprint density at radius 1 is 1.37 bits per heavy atom. The first-order chi connectivity index (χ1) is 14.6. The number of thiazole rings is 1. The summed E-state index contributed by atoms with van der Waals surface area (Å²) < 4.78 is 6.08. The van der Waals surface area contributed by atoms with Crippen LogP contribution in [0.1, 0.15) is 64.8 Å². The summed E-state index contributed by atoms with van der Waals surface area (Å²) in [6, 6.07) is 7.56. The molecule has 1 N–H and O–H groups in total. The smallest absolute Gasteiger partial charge is 0.266 e. The molecule has 0 bridgehead atoms. The zero-order valence-corrected chi connectivity index (χ0v) is 18.7. The van der Waals surface area contributed by atoms with Gasteiger partial charge in [0.2, 0.25) is 5.89 Å². The number of hydrogen-bond acceptors (Lipinski definition) is 6. The monoisotopic (exact) mass is 444 g/mol. The van der Waals surface area contributed by atoms with E-state index in [0.717, 1.165) is 48.0 Å². The van der Waals surface area contributed by atoms with Crippen molar-refractivity contribution in [1.29, 1.82) is 0 Å². The lowest BCUT2D eigenvalue weighted by Gasteiger charge is -2.33. The molecule has 0 spiro atoms. The molecule has 0 saturated carbocycles. The second-order valence-electron chi connectivity index (χ2n) is 7.41. The van der Waals surface area contributed by atoms with Gasteiger partial charge >= 0.3 is 0 Å². The lowest BCUT2D eigenvalue weighted by molar-refractivity contribution is 0.0574. The van der Waals surface area contributed by atoms with Gasteiger partial charge in [-0.3, -0.25) is 4.79 Å². The van der Waals surface area contributed by atoms with Crippen molar-refractivity contribution in [3.8, 4) is 0 Å². The minimum Gasteiger partial charge on any atom is -0.443 e. The normalized spacial score (nSPS) is 16.6. The number of piperidine rings is 1. The van der Waals surface area contributed by atoms with E-state index >= 15 is 0 Å². The van der Waals surface area contributed by atoms with E-state index < -0.39 is 0 Å². The molecule has 1 aliphatic rings. The summed E-state index contributed by atoms with van der Waals surface area (Å²) in [6.45, 7) is 5.37. The standard InChI is InChI=1S/C22H25ClN4O2S/c1-3-24-22-26-14(2)19(30-22)21(28)27-11-7-6-10-18(27)20-25-13-16(29-20)12-15-8-4-5-9-17(15)23/h4-5,8-9,13,18H,3,6-7,10-12H2,1-2H3,(H,24,26)/t18-/m0/s1. The summed E-state index contributed by atoms with van der Waals surface area (Å²) in [7, 11) is 0. The van der Waals surface area contributed by atoms with Crippen LogP contribution in [-0.4, -0.2) is 33.9 Å². The Kier molecular flexibility index (Phi) is 6.39. The van der Waals surface area contributed by atoms with Gasteiger partial charge in [0, 0.05) is 24.5 Å². The third kappa shape index (κ3) is 4.37.